The highest BCUT2D eigenvalue weighted by molar-refractivity contribution is 5.76. The molecule has 0 saturated carbocycles. The molecule has 0 fully saturated rings. The van der Waals surface area contributed by atoms with Crippen LogP contribution in [-0.4, -0.2) is 24.5 Å². The average Bonchev–Trinajstić information content (AvgIpc) is 3.02. The molecule has 0 bridgehead atoms. The van der Waals surface area contributed by atoms with Crippen LogP contribution in [0.3, 0.4) is 0 Å². The quantitative estimate of drug-likeness (QED) is 0.558. The van der Waals surface area contributed by atoms with E-state index in [9.17, 15) is 0 Å². The number of rotatable bonds is 2. The Kier molecular flexibility index (Phi) is 2.32. The van der Waals surface area contributed by atoms with Gasteiger partial charge in [0.25, 0.3) is 0 Å². The van der Waals surface area contributed by atoms with Crippen molar-refractivity contribution in [2.75, 3.05) is 0 Å². The highest BCUT2D eigenvalue weighted by Crippen LogP contribution is 2.17. The van der Waals surface area contributed by atoms with E-state index >= 15 is 0 Å². The zero-order chi connectivity index (χ0) is 13.5. The van der Waals surface area contributed by atoms with Gasteiger partial charge in [-0.3, -0.25) is 0 Å². The first kappa shape index (κ1) is 11.2. The van der Waals surface area contributed by atoms with Gasteiger partial charge in [-0.2, -0.15) is 0 Å². The summed E-state index contributed by atoms with van der Waals surface area (Å²) in [7, 11) is 0. The van der Waals surface area contributed by atoms with Crippen LogP contribution in [0.25, 0.3) is 22.1 Å². The fourth-order valence-corrected chi connectivity index (χ4v) is 2.53. The zero-order valence-corrected chi connectivity index (χ0v) is 11.1. The van der Waals surface area contributed by atoms with Gasteiger partial charge in [0.1, 0.15) is 18.0 Å². The summed E-state index contributed by atoms with van der Waals surface area (Å²) in [5, 5.41) is 8.42. The summed E-state index contributed by atoms with van der Waals surface area (Å²) in [4.78, 5) is 4.58. The molecule has 2 aromatic heterocycles. The molecule has 0 aliphatic carbocycles. The monoisotopic (exact) mass is 263 g/mol. The van der Waals surface area contributed by atoms with E-state index in [2.05, 4.69) is 25.9 Å². The molecule has 0 unspecified atom stereocenters. The number of fused-ring (bicyclic) bond motifs is 2. The summed E-state index contributed by atoms with van der Waals surface area (Å²) in [5.74, 6) is 0.978. The SMILES string of the molecule is Cc1nc2ccccc2n1Cn1nnc2ccccc21. The minimum Gasteiger partial charge on any atom is -0.308 e. The molecule has 2 heterocycles. The maximum absolute atomic E-state index is 4.58. The molecule has 2 aromatic carbocycles. The van der Waals surface area contributed by atoms with Crippen molar-refractivity contribution in [2.24, 2.45) is 0 Å². The van der Waals surface area contributed by atoms with Gasteiger partial charge in [0.05, 0.1) is 16.6 Å². The molecule has 20 heavy (non-hydrogen) atoms. The van der Waals surface area contributed by atoms with E-state index in [-0.39, 0.29) is 0 Å². The summed E-state index contributed by atoms with van der Waals surface area (Å²) < 4.78 is 4.05. The Morgan fingerprint density at radius 3 is 2.45 bits per heavy atom. The molecule has 0 amide bonds. The first-order valence-corrected chi connectivity index (χ1v) is 6.53. The van der Waals surface area contributed by atoms with Gasteiger partial charge >= 0.3 is 0 Å². The van der Waals surface area contributed by atoms with Crippen molar-refractivity contribution in [1.29, 1.82) is 0 Å². The second kappa shape index (κ2) is 4.16. The van der Waals surface area contributed by atoms with E-state index in [4.69, 9.17) is 0 Å². The van der Waals surface area contributed by atoms with E-state index < -0.39 is 0 Å². The largest absolute Gasteiger partial charge is 0.308 e. The molecule has 0 radical (unpaired) electrons. The number of aromatic nitrogens is 5. The van der Waals surface area contributed by atoms with Gasteiger partial charge in [-0.15, -0.1) is 5.10 Å². The zero-order valence-electron chi connectivity index (χ0n) is 11.1. The Labute approximate surface area is 115 Å². The van der Waals surface area contributed by atoms with Gasteiger partial charge in [-0.25, -0.2) is 9.67 Å². The normalized spacial score (nSPS) is 11.4. The highest BCUT2D eigenvalue weighted by atomic mass is 15.5. The van der Waals surface area contributed by atoms with Gasteiger partial charge in [-0.05, 0) is 31.2 Å². The third-order valence-corrected chi connectivity index (χ3v) is 3.54. The number of benzene rings is 2. The summed E-state index contributed by atoms with van der Waals surface area (Å²) in [6.07, 6.45) is 0. The molecule has 5 nitrogen and oxygen atoms in total. The van der Waals surface area contributed by atoms with E-state index in [1.165, 1.54) is 0 Å². The molecular weight excluding hydrogens is 250 g/mol. The van der Waals surface area contributed by atoms with Crippen molar-refractivity contribution < 1.29 is 0 Å². The van der Waals surface area contributed by atoms with Gasteiger partial charge < -0.3 is 4.57 Å². The lowest BCUT2D eigenvalue weighted by Crippen LogP contribution is -2.10. The van der Waals surface area contributed by atoms with Crippen LogP contribution in [0.5, 0.6) is 0 Å². The van der Waals surface area contributed by atoms with Crippen LogP contribution in [0.4, 0.5) is 0 Å². The molecule has 4 rings (SSSR count). The summed E-state index contributed by atoms with van der Waals surface area (Å²) in [6.45, 7) is 2.63. The van der Waals surface area contributed by atoms with E-state index in [0.717, 1.165) is 27.9 Å². The fraction of sp³-hybridized carbons (Fsp3) is 0.133. The lowest BCUT2D eigenvalue weighted by Gasteiger charge is -2.07. The second-order valence-electron chi connectivity index (χ2n) is 4.79. The number of para-hydroxylation sites is 3. The summed E-state index contributed by atoms with van der Waals surface area (Å²) in [5.41, 5.74) is 4.07. The molecule has 0 spiro atoms. The Hall–Kier alpha value is -2.69. The molecule has 98 valence electrons. The first-order chi connectivity index (χ1) is 9.83. The van der Waals surface area contributed by atoms with Gasteiger partial charge in [0.2, 0.25) is 0 Å². The standard InChI is InChI=1S/C15H13N5/c1-11-16-12-6-2-4-8-14(12)19(11)10-20-15-9-5-3-7-13(15)17-18-20/h2-9H,10H2,1H3. The maximum Gasteiger partial charge on any atom is 0.120 e. The molecule has 5 heteroatoms. The number of imidazole rings is 1. The lowest BCUT2D eigenvalue weighted by molar-refractivity contribution is 0.546. The van der Waals surface area contributed by atoms with Crippen molar-refractivity contribution in [3.63, 3.8) is 0 Å². The Morgan fingerprint density at radius 1 is 0.900 bits per heavy atom. The Morgan fingerprint density at radius 2 is 1.60 bits per heavy atom. The Balaban J connectivity index is 1.87. The number of nitrogens with zero attached hydrogens (tertiary/aromatic N) is 5. The average molecular weight is 263 g/mol. The molecule has 0 aliphatic rings. The molecule has 0 atom stereocenters. The minimum atomic E-state index is 0.618. The highest BCUT2D eigenvalue weighted by Gasteiger charge is 2.09. The lowest BCUT2D eigenvalue weighted by atomic mass is 10.3. The van der Waals surface area contributed by atoms with Crippen LogP contribution in [0.1, 0.15) is 5.82 Å². The second-order valence-corrected chi connectivity index (χ2v) is 4.79. The Bertz CT molecular complexity index is 903. The summed E-state index contributed by atoms with van der Waals surface area (Å²) in [6, 6.07) is 16.1. The van der Waals surface area contributed by atoms with Crippen molar-refractivity contribution >= 4 is 22.1 Å². The van der Waals surface area contributed by atoms with Crippen LogP contribution in [0.15, 0.2) is 48.5 Å². The van der Waals surface area contributed by atoms with Gasteiger partial charge in [0.15, 0.2) is 0 Å². The van der Waals surface area contributed by atoms with Crippen molar-refractivity contribution in [3.8, 4) is 0 Å². The van der Waals surface area contributed by atoms with Gasteiger partial charge in [0, 0.05) is 0 Å². The van der Waals surface area contributed by atoms with Crippen LogP contribution < -0.4 is 0 Å². The van der Waals surface area contributed by atoms with Crippen molar-refractivity contribution in [2.45, 2.75) is 13.6 Å². The van der Waals surface area contributed by atoms with E-state index in [1.54, 1.807) is 0 Å². The van der Waals surface area contributed by atoms with Crippen LogP contribution in [0, 0.1) is 6.92 Å². The molecule has 0 saturated heterocycles. The topological polar surface area (TPSA) is 48.5 Å². The van der Waals surface area contributed by atoms with Gasteiger partial charge in [-0.1, -0.05) is 29.5 Å². The fourth-order valence-electron chi connectivity index (χ4n) is 2.53. The van der Waals surface area contributed by atoms with Crippen molar-refractivity contribution in [1.82, 2.24) is 24.5 Å². The predicted molar refractivity (Wildman–Crippen MR) is 77.4 cm³/mol. The molecule has 4 aromatic rings. The molecule has 0 aliphatic heterocycles. The molecule has 0 N–H and O–H groups in total. The minimum absolute atomic E-state index is 0.618. The third kappa shape index (κ3) is 1.60. The van der Waals surface area contributed by atoms with E-state index in [0.29, 0.717) is 6.67 Å². The number of aryl methyl sites for hydroxylation is 1. The van der Waals surface area contributed by atoms with Crippen molar-refractivity contribution in [3.05, 3.63) is 54.4 Å². The van der Waals surface area contributed by atoms with E-state index in [1.807, 2.05) is 54.1 Å². The summed E-state index contributed by atoms with van der Waals surface area (Å²) >= 11 is 0. The third-order valence-electron chi connectivity index (χ3n) is 3.54. The molecular formula is C15H13N5. The number of hydrogen-bond acceptors (Lipinski definition) is 3. The van der Waals surface area contributed by atoms with Crippen LogP contribution >= 0.6 is 0 Å². The maximum atomic E-state index is 4.58. The number of hydrogen-bond donors (Lipinski definition) is 0. The van der Waals surface area contributed by atoms with Crippen LogP contribution in [0.2, 0.25) is 0 Å². The first-order valence-electron chi connectivity index (χ1n) is 6.53. The smallest absolute Gasteiger partial charge is 0.120 e. The van der Waals surface area contributed by atoms with Crippen LogP contribution in [-0.2, 0) is 6.67 Å². The predicted octanol–water partition coefficient (Wildman–Crippen LogP) is 2.60.